The van der Waals surface area contributed by atoms with Gasteiger partial charge in [-0.25, -0.2) is 4.98 Å². The second-order valence-electron chi connectivity index (χ2n) is 6.54. The molecule has 0 atom stereocenters. The quantitative estimate of drug-likeness (QED) is 0.756. The molecule has 0 aromatic carbocycles. The summed E-state index contributed by atoms with van der Waals surface area (Å²) in [5, 5.41) is 9.18. The molecular formula is C18H19N5O2S. The SMILES string of the molecule is Cc1ccsc1C(=O)NC1(c2nc(-c3cnccn3)no2)CCCCC1. The van der Waals surface area contributed by atoms with Gasteiger partial charge in [-0.2, -0.15) is 4.98 Å². The molecule has 1 amide bonds. The van der Waals surface area contributed by atoms with Gasteiger partial charge in [0, 0.05) is 12.4 Å². The Labute approximate surface area is 154 Å². The lowest BCUT2D eigenvalue weighted by molar-refractivity contribution is 0.0828. The van der Waals surface area contributed by atoms with E-state index >= 15 is 0 Å². The summed E-state index contributed by atoms with van der Waals surface area (Å²) in [6, 6.07) is 1.95. The van der Waals surface area contributed by atoms with Gasteiger partial charge >= 0.3 is 0 Å². The van der Waals surface area contributed by atoms with Crippen molar-refractivity contribution in [2.75, 3.05) is 0 Å². The van der Waals surface area contributed by atoms with Crippen LogP contribution >= 0.6 is 11.3 Å². The molecule has 0 radical (unpaired) electrons. The predicted molar refractivity (Wildman–Crippen MR) is 96.6 cm³/mol. The standard InChI is InChI=1S/C18H19N5O2S/c1-12-5-10-26-14(12)16(24)22-18(6-3-2-4-7-18)17-21-15(23-25-17)13-11-19-8-9-20-13/h5,8-11H,2-4,6-7H2,1H3,(H,22,24). The Morgan fingerprint density at radius 2 is 2.12 bits per heavy atom. The molecule has 1 aliphatic rings. The fourth-order valence-electron chi connectivity index (χ4n) is 3.36. The van der Waals surface area contributed by atoms with Gasteiger partial charge in [0.2, 0.25) is 5.82 Å². The van der Waals surface area contributed by atoms with Crippen molar-refractivity contribution in [3.63, 3.8) is 0 Å². The Kier molecular flexibility index (Phi) is 4.50. The van der Waals surface area contributed by atoms with Gasteiger partial charge in [-0.05, 0) is 36.8 Å². The first-order valence-corrected chi connectivity index (χ1v) is 9.53. The van der Waals surface area contributed by atoms with Crippen molar-refractivity contribution in [3.8, 4) is 11.5 Å². The van der Waals surface area contributed by atoms with Crippen LogP contribution in [0.15, 0.2) is 34.6 Å². The third-order valence-corrected chi connectivity index (χ3v) is 5.77. The molecule has 134 valence electrons. The molecule has 0 saturated heterocycles. The van der Waals surface area contributed by atoms with Crippen molar-refractivity contribution in [2.24, 2.45) is 0 Å². The summed E-state index contributed by atoms with van der Waals surface area (Å²) in [6.07, 6.45) is 9.49. The summed E-state index contributed by atoms with van der Waals surface area (Å²) in [5.74, 6) is 0.749. The van der Waals surface area contributed by atoms with E-state index < -0.39 is 5.54 Å². The number of rotatable bonds is 4. The van der Waals surface area contributed by atoms with Crippen molar-refractivity contribution < 1.29 is 9.32 Å². The maximum atomic E-state index is 12.8. The smallest absolute Gasteiger partial charge is 0.262 e. The van der Waals surface area contributed by atoms with Crippen molar-refractivity contribution in [2.45, 2.75) is 44.6 Å². The number of carbonyl (C=O) groups is 1. The fourth-order valence-corrected chi connectivity index (χ4v) is 4.18. The Hall–Kier alpha value is -2.61. The van der Waals surface area contributed by atoms with E-state index in [1.807, 2.05) is 18.4 Å². The van der Waals surface area contributed by atoms with Crippen LogP contribution in [0.1, 0.15) is 53.2 Å². The highest BCUT2D eigenvalue weighted by molar-refractivity contribution is 7.12. The van der Waals surface area contributed by atoms with E-state index in [-0.39, 0.29) is 5.91 Å². The van der Waals surface area contributed by atoms with Crippen LogP contribution in [-0.2, 0) is 5.54 Å². The second kappa shape index (κ2) is 6.95. The number of amides is 1. The molecule has 8 heteroatoms. The van der Waals surface area contributed by atoms with Crippen LogP contribution in [0.4, 0.5) is 0 Å². The lowest BCUT2D eigenvalue weighted by Crippen LogP contribution is -2.47. The third-order valence-electron chi connectivity index (χ3n) is 4.76. The van der Waals surface area contributed by atoms with E-state index in [4.69, 9.17) is 4.52 Å². The van der Waals surface area contributed by atoms with E-state index in [9.17, 15) is 4.79 Å². The molecule has 1 aliphatic carbocycles. The van der Waals surface area contributed by atoms with Gasteiger partial charge in [-0.3, -0.25) is 9.78 Å². The number of carbonyl (C=O) groups excluding carboxylic acids is 1. The van der Waals surface area contributed by atoms with Crippen LogP contribution in [-0.4, -0.2) is 26.0 Å². The predicted octanol–water partition coefficient (Wildman–Crippen LogP) is 3.49. The Morgan fingerprint density at radius 1 is 1.27 bits per heavy atom. The van der Waals surface area contributed by atoms with Crippen LogP contribution < -0.4 is 5.32 Å². The van der Waals surface area contributed by atoms with Gasteiger partial charge in [-0.15, -0.1) is 11.3 Å². The minimum Gasteiger partial charge on any atom is -0.337 e. The van der Waals surface area contributed by atoms with Crippen molar-refractivity contribution >= 4 is 17.2 Å². The zero-order valence-electron chi connectivity index (χ0n) is 14.4. The third kappa shape index (κ3) is 3.12. The summed E-state index contributed by atoms with van der Waals surface area (Å²) in [5.41, 5.74) is 0.900. The first kappa shape index (κ1) is 16.8. The normalized spacial score (nSPS) is 16.3. The summed E-state index contributed by atoms with van der Waals surface area (Å²) >= 11 is 1.45. The molecule has 1 N–H and O–H groups in total. The average molecular weight is 369 g/mol. The Morgan fingerprint density at radius 3 is 2.81 bits per heavy atom. The first-order chi connectivity index (χ1) is 12.7. The van der Waals surface area contributed by atoms with E-state index in [1.165, 1.54) is 11.3 Å². The van der Waals surface area contributed by atoms with E-state index in [0.29, 0.717) is 17.4 Å². The van der Waals surface area contributed by atoms with E-state index in [1.54, 1.807) is 18.6 Å². The summed E-state index contributed by atoms with van der Waals surface area (Å²) in [4.78, 5) is 26.4. The lowest BCUT2D eigenvalue weighted by atomic mass is 9.81. The minimum absolute atomic E-state index is 0.0846. The molecule has 1 saturated carbocycles. The zero-order valence-corrected chi connectivity index (χ0v) is 15.3. The summed E-state index contributed by atoms with van der Waals surface area (Å²) < 4.78 is 5.57. The molecular weight excluding hydrogens is 350 g/mol. The molecule has 4 rings (SSSR count). The Bertz CT molecular complexity index is 899. The van der Waals surface area contributed by atoms with Crippen LogP contribution in [0.5, 0.6) is 0 Å². The number of hydrogen-bond donors (Lipinski definition) is 1. The molecule has 3 aromatic heterocycles. The summed E-state index contributed by atoms with van der Waals surface area (Å²) in [6.45, 7) is 1.94. The van der Waals surface area contributed by atoms with E-state index in [2.05, 4.69) is 25.4 Å². The largest absolute Gasteiger partial charge is 0.337 e. The van der Waals surface area contributed by atoms with Crippen LogP contribution in [0, 0.1) is 6.92 Å². The number of hydrogen-bond acceptors (Lipinski definition) is 7. The van der Waals surface area contributed by atoms with Crippen molar-refractivity contribution in [3.05, 3.63) is 46.4 Å². The molecule has 0 bridgehead atoms. The lowest BCUT2D eigenvalue weighted by Gasteiger charge is -2.34. The number of aromatic nitrogens is 4. The van der Waals surface area contributed by atoms with Crippen LogP contribution in [0.3, 0.4) is 0 Å². The highest BCUT2D eigenvalue weighted by atomic mass is 32.1. The zero-order chi connectivity index (χ0) is 18.0. The molecule has 0 aliphatic heterocycles. The second-order valence-corrected chi connectivity index (χ2v) is 7.46. The number of nitrogens with one attached hydrogen (secondary N) is 1. The van der Waals surface area contributed by atoms with Gasteiger partial charge in [0.15, 0.2) is 0 Å². The first-order valence-electron chi connectivity index (χ1n) is 8.65. The maximum Gasteiger partial charge on any atom is 0.262 e. The number of nitrogens with zero attached hydrogens (tertiary/aromatic N) is 4. The monoisotopic (exact) mass is 369 g/mol. The number of thiophene rings is 1. The molecule has 1 fully saturated rings. The summed E-state index contributed by atoms with van der Waals surface area (Å²) in [7, 11) is 0. The van der Waals surface area contributed by atoms with E-state index in [0.717, 1.165) is 42.5 Å². The Balaban J connectivity index is 1.66. The van der Waals surface area contributed by atoms with Crippen LogP contribution in [0.2, 0.25) is 0 Å². The van der Waals surface area contributed by atoms with Gasteiger partial charge < -0.3 is 9.84 Å². The van der Waals surface area contributed by atoms with Gasteiger partial charge in [0.25, 0.3) is 11.8 Å². The molecule has 26 heavy (non-hydrogen) atoms. The molecule has 7 nitrogen and oxygen atoms in total. The van der Waals surface area contributed by atoms with Gasteiger partial charge in [-0.1, -0.05) is 24.4 Å². The molecule has 0 spiro atoms. The maximum absolute atomic E-state index is 12.8. The molecule has 0 unspecified atom stereocenters. The minimum atomic E-state index is -0.626. The van der Waals surface area contributed by atoms with Crippen molar-refractivity contribution in [1.29, 1.82) is 0 Å². The molecule has 3 heterocycles. The van der Waals surface area contributed by atoms with Gasteiger partial charge in [0.05, 0.1) is 11.1 Å². The van der Waals surface area contributed by atoms with Crippen molar-refractivity contribution in [1.82, 2.24) is 25.4 Å². The average Bonchev–Trinajstić information content (AvgIpc) is 3.33. The fraction of sp³-hybridized carbons (Fsp3) is 0.389. The van der Waals surface area contributed by atoms with Crippen LogP contribution in [0.25, 0.3) is 11.5 Å². The highest BCUT2D eigenvalue weighted by Crippen LogP contribution is 2.37. The topological polar surface area (TPSA) is 93.8 Å². The molecule has 3 aromatic rings. The highest BCUT2D eigenvalue weighted by Gasteiger charge is 2.41. The number of aryl methyl sites for hydroxylation is 1. The van der Waals surface area contributed by atoms with Gasteiger partial charge in [0.1, 0.15) is 11.2 Å².